The van der Waals surface area contributed by atoms with E-state index in [9.17, 15) is 9.00 Å². The van der Waals surface area contributed by atoms with Gasteiger partial charge in [0.15, 0.2) is 0 Å². The highest BCUT2D eigenvalue weighted by Gasteiger charge is 2.35. The molecule has 2 bridgehead atoms. The molecule has 2 aliphatic heterocycles. The van der Waals surface area contributed by atoms with Crippen molar-refractivity contribution in [2.75, 3.05) is 30.3 Å². The number of halogens is 1. The third-order valence-electron chi connectivity index (χ3n) is 8.66. The molecule has 1 fully saturated rings. The molecule has 1 aliphatic carbocycles. The zero-order valence-electron chi connectivity index (χ0n) is 22.3. The molecule has 2 aromatic carbocycles. The topological polar surface area (TPSA) is 58.6 Å². The van der Waals surface area contributed by atoms with Gasteiger partial charge in [0.05, 0.1) is 12.3 Å². The van der Waals surface area contributed by atoms with Gasteiger partial charge in [0, 0.05) is 35.3 Å². The van der Waals surface area contributed by atoms with E-state index in [0.29, 0.717) is 35.7 Å². The Kier molecular flexibility index (Phi) is 8.79. The van der Waals surface area contributed by atoms with Crippen LogP contribution in [0.5, 0.6) is 5.75 Å². The Balaban J connectivity index is 1.49. The van der Waals surface area contributed by atoms with Gasteiger partial charge in [-0.1, -0.05) is 37.1 Å². The summed E-state index contributed by atoms with van der Waals surface area (Å²) >= 11 is 6.38. The van der Waals surface area contributed by atoms with E-state index in [1.54, 1.807) is 6.07 Å². The molecular formula is C31H39ClN2O3S. The number of carbonyl (C=O) groups is 1. The van der Waals surface area contributed by atoms with Gasteiger partial charge in [0.2, 0.25) is 0 Å². The number of carbonyl (C=O) groups excluding carboxylic acids is 1. The van der Waals surface area contributed by atoms with Crippen molar-refractivity contribution in [3.05, 3.63) is 70.8 Å². The lowest BCUT2D eigenvalue weighted by Crippen LogP contribution is -2.40. The molecule has 2 aromatic rings. The van der Waals surface area contributed by atoms with E-state index >= 15 is 0 Å². The van der Waals surface area contributed by atoms with Gasteiger partial charge in [-0.3, -0.25) is 9.52 Å². The zero-order chi connectivity index (χ0) is 26.6. The number of hydrogen-bond acceptors (Lipinski definition) is 4. The first-order valence-electron chi connectivity index (χ1n) is 14.1. The van der Waals surface area contributed by atoms with Crippen LogP contribution in [0.3, 0.4) is 0 Å². The van der Waals surface area contributed by atoms with Gasteiger partial charge < -0.3 is 9.64 Å². The molecule has 1 amide bonds. The summed E-state index contributed by atoms with van der Waals surface area (Å²) in [6.45, 7) is 8.56. The first kappa shape index (κ1) is 27.3. The SMILES string of the molecule is C=CC1CCC2CCC2CN2CC(c3ccc(Cl)cc3CCC)COc3ccc(cc32)C(=O)NS(=O)CC1. The van der Waals surface area contributed by atoms with Crippen LogP contribution in [-0.4, -0.2) is 35.6 Å². The minimum Gasteiger partial charge on any atom is -0.491 e. The molecule has 0 radical (unpaired) electrons. The summed E-state index contributed by atoms with van der Waals surface area (Å²) in [6.07, 6.45) is 9.53. The lowest BCUT2D eigenvalue weighted by Gasteiger charge is -2.41. The van der Waals surface area contributed by atoms with Gasteiger partial charge in [0.1, 0.15) is 16.7 Å². The summed E-state index contributed by atoms with van der Waals surface area (Å²) in [5, 5.41) is 0.771. The van der Waals surface area contributed by atoms with E-state index in [1.165, 1.54) is 30.4 Å². The second-order valence-electron chi connectivity index (χ2n) is 11.1. The van der Waals surface area contributed by atoms with Crippen molar-refractivity contribution in [1.29, 1.82) is 0 Å². The van der Waals surface area contributed by atoms with Crippen molar-refractivity contribution in [2.24, 2.45) is 17.8 Å². The largest absolute Gasteiger partial charge is 0.491 e. The van der Waals surface area contributed by atoms with E-state index in [1.807, 2.05) is 24.3 Å². The highest BCUT2D eigenvalue weighted by Crippen LogP contribution is 2.43. The molecule has 5 rings (SSSR count). The summed E-state index contributed by atoms with van der Waals surface area (Å²) in [7, 11) is -1.42. The highest BCUT2D eigenvalue weighted by atomic mass is 35.5. The Labute approximate surface area is 234 Å². The maximum Gasteiger partial charge on any atom is 0.263 e. The Hall–Kier alpha value is -2.31. The lowest BCUT2D eigenvalue weighted by atomic mass is 9.70. The minimum atomic E-state index is -1.42. The number of rotatable bonds is 4. The molecule has 38 heavy (non-hydrogen) atoms. The van der Waals surface area contributed by atoms with Crippen LogP contribution < -0.4 is 14.4 Å². The van der Waals surface area contributed by atoms with Crippen molar-refractivity contribution in [3.63, 3.8) is 0 Å². The summed E-state index contributed by atoms with van der Waals surface area (Å²) in [6, 6.07) is 11.9. The van der Waals surface area contributed by atoms with Crippen LogP contribution in [0, 0.1) is 17.8 Å². The Bertz CT molecular complexity index is 1200. The Morgan fingerprint density at radius 1 is 1.11 bits per heavy atom. The summed E-state index contributed by atoms with van der Waals surface area (Å²) in [5.74, 6) is 2.77. The molecule has 3 aliphatic rings. The zero-order valence-corrected chi connectivity index (χ0v) is 23.9. The summed E-state index contributed by atoms with van der Waals surface area (Å²) in [5.41, 5.74) is 4.06. The van der Waals surface area contributed by atoms with Crippen molar-refractivity contribution >= 4 is 34.2 Å². The number of hydrogen-bond donors (Lipinski definition) is 1. The predicted molar refractivity (Wildman–Crippen MR) is 157 cm³/mol. The average molecular weight is 555 g/mol. The van der Waals surface area contributed by atoms with Crippen LogP contribution in [0.15, 0.2) is 49.1 Å². The van der Waals surface area contributed by atoms with Crippen LogP contribution in [0.2, 0.25) is 5.02 Å². The summed E-state index contributed by atoms with van der Waals surface area (Å²) in [4.78, 5) is 15.5. The normalized spacial score (nSPS) is 27.9. The maximum atomic E-state index is 13.1. The number of allylic oxidation sites excluding steroid dienone is 1. The number of nitrogens with one attached hydrogen (secondary N) is 1. The van der Waals surface area contributed by atoms with Crippen LogP contribution >= 0.6 is 11.6 Å². The molecule has 7 heteroatoms. The Morgan fingerprint density at radius 3 is 2.68 bits per heavy atom. The highest BCUT2D eigenvalue weighted by molar-refractivity contribution is 7.83. The first-order chi connectivity index (χ1) is 18.4. The number of nitrogens with zero attached hydrogens (tertiary/aromatic N) is 1. The fourth-order valence-corrected chi connectivity index (χ4v) is 7.41. The fraction of sp³-hybridized carbons (Fsp3) is 0.516. The lowest BCUT2D eigenvalue weighted by molar-refractivity contribution is 0.0983. The van der Waals surface area contributed by atoms with Crippen LogP contribution in [0.1, 0.15) is 72.9 Å². The molecule has 0 saturated heterocycles. The second-order valence-corrected chi connectivity index (χ2v) is 12.9. The predicted octanol–water partition coefficient (Wildman–Crippen LogP) is 6.68. The van der Waals surface area contributed by atoms with Crippen LogP contribution in [0.25, 0.3) is 0 Å². The second kappa shape index (κ2) is 12.3. The fourth-order valence-electron chi connectivity index (χ4n) is 6.28. The minimum absolute atomic E-state index is 0.191. The van der Waals surface area contributed by atoms with E-state index in [0.717, 1.165) is 55.2 Å². The van der Waals surface area contributed by atoms with Gasteiger partial charge in [-0.05, 0) is 97.7 Å². The number of fused-ring (bicyclic) bond motifs is 2. The standard InChI is InChI=1S/C31H39ClN2O3S/c1-3-5-23-16-27(32)11-12-28(23)26-19-34-18-25-9-8-22(25)7-6-21(4-2)14-15-38(36)33-31(35)24-10-13-30(37-20-26)29(34)17-24/h4,10-13,16-17,21-22,25-26H,2-3,5-9,14-15,18-20H2,1H3,(H,33,35). The van der Waals surface area contributed by atoms with Crippen molar-refractivity contribution in [1.82, 2.24) is 4.72 Å². The molecule has 5 nitrogen and oxygen atoms in total. The Morgan fingerprint density at radius 2 is 1.92 bits per heavy atom. The number of aryl methyl sites for hydroxylation is 1. The molecule has 5 unspecified atom stereocenters. The van der Waals surface area contributed by atoms with Crippen LogP contribution in [0.4, 0.5) is 5.69 Å². The number of benzene rings is 2. The molecule has 204 valence electrons. The van der Waals surface area contributed by atoms with Gasteiger partial charge in [-0.25, -0.2) is 4.21 Å². The molecular weight excluding hydrogens is 516 g/mol. The monoisotopic (exact) mass is 554 g/mol. The maximum absolute atomic E-state index is 13.1. The summed E-state index contributed by atoms with van der Waals surface area (Å²) < 4.78 is 21.8. The van der Waals surface area contributed by atoms with Gasteiger partial charge in [-0.15, -0.1) is 6.58 Å². The third kappa shape index (κ3) is 6.12. The average Bonchev–Trinajstić information content (AvgIpc) is 3.07. The van der Waals surface area contributed by atoms with Crippen molar-refractivity contribution in [2.45, 2.75) is 57.8 Å². The molecule has 2 heterocycles. The van der Waals surface area contributed by atoms with Crippen LogP contribution in [-0.2, 0) is 17.4 Å². The van der Waals surface area contributed by atoms with E-state index in [-0.39, 0.29) is 11.8 Å². The molecule has 5 atom stereocenters. The number of anilines is 1. The van der Waals surface area contributed by atoms with E-state index < -0.39 is 11.0 Å². The van der Waals surface area contributed by atoms with E-state index in [4.69, 9.17) is 16.3 Å². The van der Waals surface area contributed by atoms with Gasteiger partial charge in [-0.2, -0.15) is 0 Å². The van der Waals surface area contributed by atoms with Gasteiger partial charge in [0.25, 0.3) is 5.91 Å². The van der Waals surface area contributed by atoms with Crippen molar-refractivity contribution in [3.8, 4) is 5.75 Å². The molecule has 1 N–H and O–H groups in total. The van der Waals surface area contributed by atoms with Crippen molar-refractivity contribution < 1.29 is 13.7 Å². The number of amides is 1. The number of ether oxygens (including phenoxy) is 1. The third-order valence-corrected chi connectivity index (χ3v) is 9.91. The molecule has 0 aromatic heterocycles. The molecule has 0 spiro atoms. The van der Waals surface area contributed by atoms with Gasteiger partial charge >= 0.3 is 0 Å². The molecule has 1 saturated carbocycles. The smallest absolute Gasteiger partial charge is 0.263 e. The quantitative estimate of drug-likeness (QED) is 0.428. The van der Waals surface area contributed by atoms with E-state index in [2.05, 4.69) is 35.3 Å². The first-order valence-corrected chi connectivity index (χ1v) is 15.8.